The van der Waals surface area contributed by atoms with Gasteiger partial charge in [-0.25, -0.2) is 12.8 Å². The molecule has 0 unspecified atom stereocenters. The second-order valence-corrected chi connectivity index (χ2v) is 9.56. The summed E-state index contributed by atoms with van der Waals surface area (Å²) in [4.78, 5) is 0.154. The van der Waals surface area contributed by atoms with Gasteiger partial charge in [-0.1, -0.05) is 5.16 Å². The van der Waals surface area contributed by atoms with Crippen molar-refractivity contribution in [2.24, 2.45) is 0 Å². The fourth-order valence-corrected chi connectivity index (χ4v) is 6.32. The van der Waals surface area contributed by atoms with E-state index < -0.39 is 15.6 Å². The Balaban J connectivity index is 1.48. The maximum absolute atomic E-state index is 13.9. The molecule has 4 heterocycles. The van der Waals surface area contributed by atoms with Gasteiger partial charge in [0.2, 0.25) is 10.0 Å². The Kier molecular flexibility index (Phi) is 3.91. The van der Waals surface area contributed by atoms with Crippen LogP contribution in [0.1, 0.15) is 30.0 Å². The Morgan fingerprint density at radius 1 is 1.21 bits per heavy atom. The number of nitrogens with zero attached hydrogens (tertiary/aromatic N) is 3. The van der Waals surface area contributed by atoms with Crippen LogP contribution in [0.15, 0.2) is 45.9 Å². The van der Waals surface area contributed by atoms with E-state index in [1.807, 2.05) is 18.3 Å². The summed E-state index contributed by atoms with van der Waals surface area (Å²) in [6.07, 6.45) is 3.09. The van der Waals surface area contributed by atoms with Crippen molar-refractivity contribution in [1.82, 2.24) is 14.0 Å². The van der Waals surface area contributed by atoms with Crippen molar-refractivity contribution in [3.63, 3.8) is 0 Å². The van der Waals surface area contributed by atoms with Crippen molar-refractivity contribution in [2.45, 2.75) is 37.1 Å². The van der Waals surface area contributed by atoms with E-state index >= 15 is 0 Å². The van der Waals surface area contributed by atoms with Crippen molar-refractivity contribution in [3.8, 4) is 5.69 Å². The molecule has 1 saturated heterocycles. The van der Waals surface area contributed by atoms with Crippen molar-refractivity contribution in [1.29, 1.82) is 0 Å². The summed E-state index contributed by atoms with van der Waals surface area (Å²) in [6.45, 7) is 3.93. The minimum Gasteiger partial charge on any atom is -0.372 e. The highest BCUT2D eigenvalue weighted by Crippen LogP contribution is 2.44. The molecule has 152 valence electrons. The van der Waals surface area contributed by atoms with E-state index in [0.29, 0.717) is 37.4 Å². The fraction of sp³-hybridized carbons (Fsp3) is 0.350. The van der Waals surface area contributed by atoms with Gasteiger partial charge in [0.1, 0.15) is 16.4 Å². The number of anilines is 1. The Bertz CT molecular complexity index is 1190. The van der Waals surface area contributed by atoms with E-state index in [-0.39, 0.29) is 10.7 Å². The molecule has 1 aromatic carbocycles. The van der Waals surface area contributed by atoms with Gasteiger partial charge < -0.3 is 14.4 Å². The van der Waals surface area contributed by atoms with Gasteiger partial charge in [-0.05, 0) is 57.0 Å². The summed E-state index contributed by atoms with van der Waals surface area (Å²) in [7, 11) is -3.68. The lowest BCUT2D eigenvalue weighted by atomic mass is 9.83. The molecule has 1 spiro atoms. The zero-order chi connectivity index (χ0) is 20.4. The molecule has 0 saturated carbocycles. The zero-order valence-electron chi connectivity index (χ0n) is 16.1. The first-order valence-electron chi connectivity index (χ1n) is 9.51. The molecule has 2 aromatic heterocycles. The van der Waals surface area contributed by atoms with Gasteiger partial charge in [0, 0.05) is 25.0 Å². The lowest BCUT2D eigenvalue weighted by Crippen LogP contribution is -2.51. The summed E-state index contributed by atoms with van der Waals surface area (Å²) in [5, 5.41) is 7.30. The molecule has 0 atom stereocenters. The smallest absolute Gasteiger partial charge is 0.248 e. The third-order valence-corrected chi connectivity index (χ3v) is 8.12. The van der Waals surface area contributed by atoms with Gasteiger partial charge in [-0.15, -0.1) is 0 Å². The Hall–Kier alpha value is -2.65. The minimum atomic E-state index is -3.68. The van der Waals surface area contributed by atoms with Crippen LogP contribution in [0.2, 0.25) is 0 Å². The van der Waals surface area contributed by atoms with Gasteiger partial charge >= 0.3 is 0 Å². The standard InChI is InChI=1S/C20H21FN4O3S/c1-13-19(14(2)28-23-13)29(26,27)24-10-7-20(8-11-24)18-4-3-9-25(18)17-6-5-15(21)12-16(17)22-20/h3-6,9,12,22H,7-8,10-11H2,1-2H3. The van der Waals surface area contributed by atoms with Crippen LogP contribution in [0.4, 0.5) is 10.1 Å². The Morgan fingerprint density at radius 2 is 1.97 bits per heavy atom. The second-order valence-electron chi connectivity index (χ2n) is 7.69. The molecule has 0 amide bonds. The monoisotopic (exact) mass is 416 g/mol. The minimum absolute atomic E-state index is 0.154. The van der Waals surface area contributed by atoms with E-state index in [4.69, 9.17) is 4.52 Å². The van der Waals surface area contributed by atoms with Gasteiger partial charge in [-0.2, -0.15) is 4.31 Å². The molecule has 2 aliphatic heterocycles. The average molecular weight is 416 g/mol. The number of rotatable bonds is 2. The summed E-state index contributed by atoms with van der Waals surface area (Å²) < 4.78 is 48.8. The van der Waals surface area contributed by atoms with Crippen molar-refractivity contribution in [2.75, 3.05) is 18.4 Å². The van der Waals surface area contributed by atoms with Gasteiger partial charge in [-0.3, -0.25) is 0 Å². The number of hydrogen-bond donors (Lipinski definition) is 1. The number of piperidine rings is 1. The van der Waals surface area contributed by atoms with Crippen molar-refractivity contribution in [3.05, 3.63) is 59.5 Å². The first kappa shape index (κ1) is 18.4. The number of halogens is 1. The van der Waals surface area contributed by atoms with E-state index in [1.54, 1.807) is 19.9 Å². The van der Waals surface area contributed by atoms with Crippen LogP contribution in [-0.4, -0.2) is 35.5 Å². The maximum atomic E-state index is 13.9. The topological polar surface area (TPSA) is 80.4 Å². The molecular formula is C20H21FN4O3S. The van der Waals surface area contributed by atoms with Crippen LogP contribution >= 0.6 is 0 Å². The van der Waals surface area contributed by atoms with E-state index in [0.717, 1.165) is 17.1 Å². The van der Waals surface area contributed by atoms with E-state index in [9.17, 15) is 12.8 Å². The molecule has 0 radical (unpaired) electrons. The predicted octanol–water partition coefficient (Wildman–Crippen LogP) is 3.33. The van der Waals surface area contributed by atoms with E-state index in [2.05, 4.69) is 15.0 Å². The third kappa shape index (κ3) is 2.64. The van der Waals surface area contributed by atoms with Crippen molar-refractivity contribution >= 4 is 15.7 Å². The molecule has 3 aromatic rings. The van der Waals surface area contributed by atoms with Gasteiger partial charge in [0.05, 0.1) is 16.9 Å². The highest BCUT2D eigenvalue weighted by atomic mass is 32.2. The number of hydrogen-bond acceptors (Lipinski definition) is 5. The van der Waals surface area contributed by atoms with Crippen LogP contribution < -0.4 is 5.32 Å². The summed E-state index contributed by atoms with van der Waals surface area (Å²) in [5.74, 6) is -0.00251. The number of fused-ring (bicyclic) bond motifs is 4. The molecule has 1 fully saturated rings. The summed E-state index contributed by atoms with van der Waals surface area (Å²) in [5.41, 5.74) is 2.59. The van der Waals surface area contributed by atoms with Gasteiger partial charge in [0.15, 0.2) is 5.76 Å². The summed E-state index contributed by atoms with van der Waals surface area (Å²) in [6, 6.07) is 8.70. The van der Waals surface area contributed by atoms with Crippen LogP contribution in [0, 0.1) is 19.7 Å². The molecule has 0 bridgehead atoms. The van der Waals surface area contributed by atoms with Crippen LogP contribution in [0.5, 0.6) is 0 Å². The highest BCUT2D eigenvalue weighted by molar-refractivity contribution is 7.89. The molecule has 29 heavy (non-hydrogen) atoms. The summed E-state index contributed by atoms with van der Waals surface area (Å²) >= 11 is 0. The first-order valence-corrected chi connectivity index (χ1v) is 10.9. The zero-order valence-corrected chi connectivity index (χ0v) is 17.0. The number of benzene rings is 1. The first-order chi connectivity index (χ1) is 13.8. The van der Waals surface area contributed by atoms with Crippen LogP contribution in [0.25, 0.3) is 5.69 Å². The largest absolute Gasteiger partial charge is 0.372 e. The normalized spacial score (nSPS) is 18.3. The molecular weight excluding hydrogens is 395 g/mol. The Morgan fingerprint density at radius 3 is 2.66 bits per heavy atom. The second kappa shape index (κ2) is 6.17. The SMILES string of the molecule is Cc1noc(C)c1S(=O)(=O)N1CCC2(CC1)Nc1cc(F)ccc1-n1cccc12. The van der Waals surface area contributed by atoms with Gasteiger partial charge in [0.25, 0.3) is 0 Å². The molecule has 7 nitrogen and oxygen atoms in total. The average Bonchev–Trinajstić information content (AvgIpc) is 3.30. The van der Waals surface area contributed by atoms with Crippen LogP contribution in [0.3, 0.4) is 0 Å². The highest BCUT2D eigenvalue weighted by Gasteiger charge is 2.44. The molecule has 1 N–H and O–H groups in total. The predicted molar refractivity (Wildman–Crippen MR) is 105 cm³/mol. The maximum Gasteiger partial charge on any atom is 0.248 e. The van der Waals surface area contributed by atoms with E-state index in [1.165, 1.54) is 16.4 Å². The fourth-order valence-electron chi connectivity index (χ4n) is 4.58. The van der Waals surface area contributed by atoms with Crippen molar-refractivity contribution < 1.29 is 17.3 Å². The number of sulfonamides is 1. The quantitative estimate of drug-likeness (QED) is 0.693. The lowest BCUT2D eigenvalue weighted by Gasteiger charge is -2.45. The molecule has 2 aliphatic rings. The Labute approximate surface area is 168 Å². The molecule has 5 rings (SSSR count). The van der Waals surface area contributed by atoms with Crippen LogP contribution in [-0.2, 0) is 15.6 Å². The molecule has 9 heteroatoms. The molecule has 0 aliphatic carbocycles. The third-order valence-electron chi connectivity index (χ3n) is 5.97. The number of aryl methyl sites for hydroxylation is 2. The lowest BCUT2D eigenvalue weighted by molar-refractivity contribution is 0.247. The number of nitrogens with one attached hydrogen (secondary N) is 1. The number of aromatic nitrogens is 2.